The molecule has 2 aliphatic rings. The monoisotopic (exact) mass is 866 g/mol. The maximum absolute atomic E-state index is 14.1. The number of hydrogen-bond donors (Lipinski definition) is 10. The van der Waals surface area contributed by atoms with Crippen molar-refractivity contribution < 1.29 is 49.1 Å². The molecule has 0 spiro atoms. The van der Waals surface area contributed by atoms with Gasteiger partial charge in [0.05, 0.1) is 12.1 Å². The first-order valence-corrected chi connectivity index (χ1v) is 20.7. The van der Waals surface area contributed by atoms with Gasteiger partial charge < -0.3 is 51.3 Å². The minimum Gasteiger partial charge on any atom is -0.508 e. The number of aliphatic hydroxyl groups excluding tert-OH is 1. The number of carbonyl (C=O) groups is 5. The van der Waals surface area contributed by atoms with Crippen LogP contribution < -0.4 is 37.8 Å². The summed E-state index contributed by atoms with van der Waals surface area (Å²) in [5, 5.41) is 53.8. The molecule has 1 saturated heterocycles. The average molecular weight is 867 g/mol. The molecule has 1 fully saturated rings. The van der Waals surface area contributed by atoms with Crippen molar-refractivity contribution in [2.45, 2.75) is 88.1 Å². The first-order valence-electron chi connectivity index (χ1n) is 19.3. The van der Waals surface area contributed by atoms with Crippen LogP contribution in [0.1, 0.15) is 55.6 Å². The second-order valence-corrected chi connectivity index (χ2v) is 15.8. The Morgan fingerprint density at radius 1 is 1.00 bits per heavy atom. The summed E-state index contributed by atoms with van der Waals surface area (Å²) in [5.41, 5.74) is 0.611. The molecule has 8 unspecified atom stereocenters. The number of phenolic OH excluding ortho intramolecular Hbond substituents is 2. The third-order valence-electron chi connectivity index (χ3n) is 10.5. The van der Waals surface area contributed by atoms with E-state index in [1.54, 1.807) is 30.5 Å². The third-order valence-corrected chi connectivity index (χ3v) is 11.1. The van der Waals surface area contributed by atoms with Crippen molar-refractivity contribution in [1.29, 1.82) is 0 Å². The van der Waals surface area contributed by atoms with Crippen LogP contribution in [0, 0.1) is 0 Å². The van der Waals surface area contributed by atoms with Crippen LogP contribution >= 0.6 is 11.8 Å². The van der Waals surface area contributed by atoms with Crippen LogP contribution in [0.15, 0.2) is 76.3 Å². The number of thioether (sulfide) groups is 1. The lowest BCUT2D eigenvalue weighted by molar-refractivity contribution is -0.139. The summed E-state index contributed by atoms with van der Waals surface area (Å²) < 4.78 is 6.71. The first-order chi connectivity index (χ1) is 28.9. The molecule has 0 bridgehead atoms. The number of ether oxygens (including phenoxy) is 1. The normalized spacial score (nSPS) is 20.8. The van der Waals surface area contributed by atoms with E-state index in [-0.39, 0.29) is 49.0 Å². The summed E-state index contributed by atoms with van der Waals surface area (Å²) in [4.78, 5) is 94.8. The van der Waals surface area contributed by atoms with Gasteiger partial charge in [-0.1, -0.05) is 18.2 Å². The molecule has 21 heteroatoms. The number of aliphatic hydroxyl groups is 1. The Balaban J connectivity index is 1.36. The van der Waals surface area contributed by atoms with Crippen molar-refractivity contribution >= 4 is 41.5 Å². The molecule has 20 nitrogen and oxygen atoms in total. The van der Waals surface area contributed by atoms with Gasteiger partial charge in [-0.25, -0.2) is 14.4 Å². The van der Waals surface area contributed by atoms with Crippen LogP contribution in [0.4, 0.5) is 4.79 Å². The van der Waals surface area contributed by atoms with Crippen LogP contribution in [-0.4, -0.2) is 120 Å². The fourth-order valence-electron chi connectivity index (χ4n) is 7.12. The lowest BCUT2D eigenvalue weighted by Crippen LogP contribution is -2.62. The number of urea groups is 1. The number of fused-ring (bicyclic) bond motifs is 1. The third kappa shape index (κ3) is 11.7. The van der Waals surface area contributed by atoms with Gasteiger partial charge in [0.1, 0.15) is 41.5 Å². The molecule has 5 rings (SSSR count). The van der Waals surface area contributed by atoms with Crippen molar-refractivity contribution in [3.63, 3.8) is 0 Å². The number of benzene rings is 2. The lowest BCUT2D eigenvalue weighted by atomic mass is 9.90. The Morgan fingerprint density at radius 2 is 1.72 bits per heavy atom. The fourth-order valence-corrected chi connectivity index (χ4v) is 7.60. The van der Waals surface area contributed by atoms with Crippen LogP contribution in [0.2, 0.25) is 0 Å². The molecule has 2 aliphatic heterocycles. The number of H-pyrrole nitrogens is 1. The molecule has 3 heterocycles. The van der Waals surface area contributed by atoms with E-state index < -0.39 is 83.5 Å². The molecule has 5 amide bonds. The number of rotatable bonds is 16. The predicted molar refractivity (Wildman–Crippen MR) is 221 cm³/mol. The van der Waals surface area contributed by atoms with Crippen LogP contribution in [0.3, 0.4) is 0 Å². The molecule has 0 radical (unpaired) electrons. The van der Waals surface area contributed by atoms with Crippen molar-refractivity contribution in [3.8, 4) is 11.5 Å². The van der Waals surface area contributed by atoms with Crippen molar-refractivity contribution in [2.75, 3.05) is 19.1 Å². The van der Waals surface area contributed by atoms with Gasteiger partial charge in [0.2, 0.25) is 23.9 Å². The van der Waals surface area contributed by atoms with Gasteiger partial charge in [0.25, 0.3) is 5.56 Å². The van der Waals surface area contributed by atoms with Gasteiger partial charge in [-0.05, 0) is 79.7 Å². The van der Waals surface area contributed by atoms with Crippen LogP contribution in [-0.2, 0) is 36.8 Å². The Morgan fingerprint density at radius 3 is 2.41 bits per heavy atom. The first kappa shape index (κ1) is 45.8. The molecule has 328 valence electrons. The number of carbonyl (C=O) groups excluding carboxylic acids is 4. The van der Waals surface area contributed by atoms with Crippen molar-refractivity contribution in [3.05, 3.63) is 104 Å². The molecule has 1 aromatic heterocycles. The lowest BCUT2D eigenvalue weighted by Gasteiger charge is -2.37. The Labute approximate surface area is 353 Å². The van der Waals surface area contributed by atoms with Crippen LogP contribution in [0.25, 0.3) is 0 Å². The number of aromatic nitrogens is 2. The average Bonchev–Trinajstić information content (AvgIpc) is 3.58. The summed E-state index contributed by atoms with van der Waals surface area (Å²) in [6, 6.07) is 4.56. The number of amides is 5. The molecule has 2 aromatic carbocycles. The number of hydrogen-bond acceptors (Lipinski definition) is 13. The molecule has 61 heavy (non-hydrogen) atoms. The van der Waals surface area contributed by atoms with Gasteiger partial charge in [0.15, 0.2) is 0 Å². The number of carboxylic acid groups (broad SMARTS) is 1. The molecule has 3 aromatic rings. The number of aromatic amines is 1. The SMILES string of the molecule is CSCCC(NC(=O)NC(Cc1cccc(O)c1)C(=O)O)C(=O)NC(C(=O)N/C=C1/CC(O)C(n2ccc(=O)[nH]c2=O)O1)C(C)N(C)C(=O)C1Cc2cc(O)ccc2C(C)N1. The largest absolute Gasteiger partial charge is 0.508 e. The smallest absolute Gasteiger partial charge is 0.331 e. The van der Waals surface area contributed by atoms with E-state index >= 15 is 0 Å². The van der Waals surface area contributed by atoms with E-state index in [9.17, 15) is 54.0 Å². The number of aromatic hydroxyl groups is 2. The molecular formula is C40H50N8O12S. The second kappa shape index (κ2) is 20.3. The number of nitrogens with one attached hydrogen (secondary N) is 6. The number of likely N-dealkylation sites (N-methyl/N-ethyl adjacent to an activating group) is 1. The molecule has 0 saturated carbocycles. The summed E-state index contributed by atoms with van der Waals surface area (Å²) in [7, 11) is 1.46. The van der Waals surface area contributed by atoms with E-state index in [0.29, 0.717) is 11.3 Å². The van der Waals surface area contributed by atoms with Gasteiger partial charge in [-0.3, -0.25) is 34.0 Å². The van der Waals surface area contributed by atoms with E-state index in [0.717, 1.165) is 34.2 Å². The highest BCUT2D eigenvalue weighted by Crippen LogP contribution is 2.31. The quantitative estimate of drug-likeness (QED) is 0.0901. The highest BCUT2D eigenvalue weighted by Gasteiger charge is 2.38. The standard InChI is InChI=1S/C40H50N8O12S/c1-20-27-9-8-25(50)16-23(27)17-29(42-20)36(55)47(3)21(2)33(35(54)41-19-26-18-31(51)37(60-26)48-12-10-32(52)45-40(48)59)46-34(53)28(11-13-61-4)43-39(58)44-30(38(56)57)15-22-6-5-7-24(49)14-22/h5-10,12,14,16,19-21,28-31,33,37,42,49-51H,11,13,15,17-18H2,1-4H3,(H,41,54)(H,46,53)(H,56,57)(H2,43,44,58)(H,45,52,59)/b26-19-. The summed E-state index contributed by atoms with van der Waals surface area (Å²) in [6.07, 6.45) is 1.52. The van der Waals surface area contributed by atoms with E-state index in [2.05, 4.69) is 31.6 Å². The highest BCUT2D eigenvalue weighted by atomic mass is 32.2. The molecule has 8 atom stereocenters. The molecule has 10 N–H and O–H groups in total. The van der Waals surface area contributed by atoms with Crippen molar-refractivity contribution in [2.24, 2.45) is 0 Å². The van der Waals surface area contributed by atoms with E-state index in [4.69, 9.17) is 4.74 Å². The second-order valence-electron chi connectivity index (χ2n) is 14.8. The van der Waals surface area contributed by atoms with Gasteiger partial charge >= 0.3 is 17.7 Å². The number of aliphatic carboxylic acids is 1. The van der Waals surface area contributed by atoms with Crippen LogP contribution in [0.5, 0.6) is 11.5 Å². The maximum Gasteiger partial charge on any atom is 0.331 e. The van der Waals surface area contributed by atoms with Gasteiger partial charge in [-0.15, -0.1) is 0 Å². The molecular weight excluding hydrogens is 817 g/mol. The topological polar surface area (TPSA) is 294 Å². The summed E-state index contributed by atoms with van der Waals surface area (Å²) in [5.74, 6) is -3.10. The van der Waals surface area contributed by atoms with Gasteiger partial charge in [-0.2, -0.15) is 11.8 Å². The number of nitrogens with zero attached hydrogens (tertiary/aromatic N) is 2. The van der Waals surface area contributed by atoms with Gasteiger partial charge in [0, 0.05) is 44.4 Å². The Bertz CT molecular complexity index is 2270. The zero-order chi connectivity index (χ0) is 44.5. The Kier molecular flexibility index (Phi) is 15.2. The van der Waals surface area contributed by atoms with E-state index in [1.807, 2.05) is 6.92 Å². The van der Waals surface area contributed by atoms with Crippen molar-refractivity contribution in [1.82, 2.24) is 41.0 Å². The zero-order valence-corrected chi connectivity index (χ0v) is 34.6. The Hall–Kier alpha value is -6.32. The number of phenols is 2. The highest BCUT2D eigenvalue weighted by molar-refractivity contribution is 7.98. The molecule has 0 aliphatic carbocycles. The summed E-state index contributed by atoms with van der Waals surface area (Å²) >= 11 is 1.37. The fraction of sp³-hybridized carbons (Fsp3) is 0.425. The zero-order valence-electron chi connectivity index (χ0n) is 33.8. The maximum atomic E-state index is 14.1. The minimum atomic E-state index is -1.49. The predicted octanol–water partition coefficient (Wildman–Crippen LogP) is -0.0908. The van der Waals surface area contributed by atoms with E-state index in [1.165, 1.54) is 48.8 Å². The minimum absolute atomic E-state index is 0.0402. The number of carboxylic acids is 1. The summed E-state index contributed by atoms with van der Waals surface area (Å²) in [6.45, 7) is 3.40.